The number of nitrogens with one attached hydrogen (secondary N) is 3. The second-order valence-corrected chi connectivity index (χ2v) is 8.39. The summed E-state index contributed by atoms with van der Waals surface area (Å²) in [6.07, 6.45) is 1.98. The molecule has 5 N–H and O–H groups in total. The predicted octanol–water partition coefficient (Wildman–Crippen LogP) is 1.27. The summed E-state index contributed by atoms with van der Waals surface area (Å²) in [5.41, 5.74) is 2.59. The third-order valence-corrected chi connectivity index (χ3v) is 5.77. The van der Waals surface area contributed by atoms with Crippen molar-refractivity contribution in [3.8, 4) is 0 Å². The highest BCUT2D eigenvalue weighted by molar-refractivity contribution is 6.59. The number of unbranched alkanes of at least 4 members (excludes halogenated alkanes) is 1. The van der Waals surface area contributed by atoms with Gasteiger partial charge >= 0.3 is 7.12 Å². The van der Waals surface area contributed by atoms with Crippen LogP contribution in [0.5, 0.6) is 0 Å². The Hall–Kier alpha value is -3.12. The van der Waals surface area contributed by atoms with Crippen molar-refractivity contribution >= 4 is 65.3 Å². The molecule has 0 bridgehead atoms. The van der Waals surface area contributed by atoms with Crippen LogP contribution in [0.15, 0.2) is 47.6 Å². The minimum atomic E-state index is -1.72. The van der Waals surface area contributed by atoms with Crippen LogP contribution in [-0.2, 0) is 16.2 Å². The summed E-state index contributed by atoms with van der Waals surface area (Å²) in [4.78, 5) is 40.4. The zero-order chi connectivity index (χ0) is 27.0. The quantitative estimate of drug-likeness (QED) is 0.0527. The first-order chi connectivity index (χ1) is 17.9. The van der Waals surface area contributed by atoms with E-state index in [4.69, 9.17) is 28.0 Å². The number of aldehydes is 1. The van der Waals surface area contributed by atoms with Crippen LogP contribution in [0.4, 0.5) is 5.69 Å². The Kier molecular flexibility index (Phi) is 13.5. The Morgan fingerprint density at radius 1 is 1.03 bits per heavy atom. The second kappa shape index (κ2) is 16.6. The normalized spacial score (nSPS) is 10.3. The van der Waals surface area contributed by atoms with Crippen molar-refractivity contribution in [2.45, 2.75) is 19.4 Å². The standard InChI is InChI=1S/C24H29BCl2N4O6/c26-12-20(13-27)31-37-16-23(33)28-9-3-4-10-29-24(34)17-7-8-21(25(35)36)19(11-17)14-30-22-6-2-1-5-18(22)15-32/h1-2,5-8,11,15,30,35-36H,3-4,9-10,12-14,16H2,(H,28,33)(H,29,34). The van der Waals surface area contributed by atoms with E-state index in [2.05, 4.69) is 21.1 Å². The maximum atomic E-state index is 12.6. The summed E-state index contributed by atoms with van der Waals surface area (Å²) in [7, 11) is -1.72. The van der Waals surface area contributed by atoms with Crippen molar-refractivity contribution in [1.82, 2.24) is 10.6 Å². The number of anilines is 1. The summed E-state index contributed by atoms with van der Waals surface area (Å²) in [6.45, 7) is 0.715. The molecule has 0 spiro atoms. The Morgan fingerprint density at radius 3 is 2.41 bits per heavy atom. The molecule has 2 rings (SSSR count). The molecule has 2 aromatic carbocycles. The number of benzene rings is 2. The highest BCUT2D eigenvalue weighted by Crippen LogP contribution is 2.14. The first-order valence-electron chi connectivity index (χ1n) is 11.5. The number of carbonyl (C=O) groups excluding carboxylic acids is 3. The van der Waals surface area contributed by atoms with Gasteiger partial charge in [-0.1, -0.05) is 23.4 Å². The van der Waals surface area contributed by atoms with Crippen LogP contribution in [0.3, 0.4) is 0 Å². The molecule has 37 heavy (non-hydrogen) atoms. The Balaban J connectivity index is 1.80. The van der Waals surface area contributed by atoms with Crippen LogP contribution in [-0.4, -0.2) is 72.4 Å². The van der Waals surface area contributed by atoms with Gasteiger partial charge < -0.3 is 30.8 Å². The molecule has 10 nitrogen and oxygen atoms in total. The number of rotatable bonds is 16. The number of alkyl halides is 2. The molecular weight excluding hydrogens is 522 g/mol. The highest BCUT2D eigenvalue weighted by atomic mass is 35.5. The average molecular weight is 551 g/mol. The Morgan fingerprint density at radius 2 is 1.73 bits per heavy atom. The molecule has 0 radical (unpaired) electrons. The lowest BCUT2D eigenvalue weighted by Crippen LogP contribution is -2.35. The van der Waals surface area contributed by atoms with Gasteiger partial charge in [-0.05, 0) is 48.1 Å². The molecule has 0 heterocycles. The number of nitrogens with zero attached hydrogens (tertiary/aromatic N) is 1. The van der Waals surface area contributed by atoms with Crippen LogP contribution >= 0.6 is 23.2 Å². The van der Waals surface area contributed by atoms with Gasteiger partial charge in [0.25, 0.3) is 11.8 Å². The number of carbonyl (C=O) groups is 3. The van der Waals surface area contributed by atoms with Gasteiger partial charge in [0.15, 0.2) is 12.9 Å². The lowest BCUT2D eigenvalue weighted by Gasteiger charge is -2.14. The van der Waals surface area contributed by atoms with E-state index in [1.165, 1.54) is 12.1 Å². The summed E-state index contributed by atoms with van der Waals surface area (Å²) in [6, 6.07) is 11.5. The monoisotopic (exact) mass is 550 g/mol. The van der Waals surface area contributed by atoms with Crippen molar-refractivity contribution in [1.29, 1.82) is 0 Å². The first-order valence-corrected chi connectivity index (χ1v) is 12.6. The van der Waals surface area contributed by atoms with E-state index in [0.29, 0.717) is 54.0 Å². The summed E-state index contributed by atoms with van der Waals surface area (Å²) >= 11 is 11.2. The topological polar surface area (TPSA) is 149 Å². The average Bonchev–Trinajstić information content (AvgIpc) is 2.91. The van der Waals surface area contributed by atoms with E-state index in [-0.39, 0.29) is 42.2 Å². The van der Waals surface area contributed by atoms with Gasteiger partial charge in [-0.2, -0.15) is 0 Å². The molecule has 0 aliphatic rings. The van der Waals surface area contributed by atoms with Gasteiger partial charge in [-0.15, -0.1) is 23.2 Å². The lowest BCUT2D eigenvalue weighted by atomic mass is 9.76. The molecule has 13 heteroatoms. The molecule has 0 fully saturated rings. The molecule has 198 valence electrons. The van der Waals surface area contributed by atoms with Crippen molar-refractivity contribution in [2.75, 3.05) is 36.8 Å². The molecule has 0 aliphatic heterocycles. The summed E-state index contributed by atoms with van der Waals surface area (Å²) in [5, 5.41) is 31.7. The predicted molar refractivity (Wildman–Crippen MR) is 145 cm³/mol. The van der Waals surface area contributed by atoms with E-state index < -0.39 is 7.12 Å². The van der Waals surface area contributed by atoms with Gasteiger partial charge in [0.2, 0.25) is 0 Å². The van der Waals surface area contributed by atoms with E-state index >= 15 is 0 Å². The minimum absolute atomic E-state index is 0.124. The molecule has 2 amide bonds. The highest BCUT2D eigenvalue weighted by Gasteiger charge is 2.18. The first kappa shape index (κ1) is 30.1. The smallest absolute Gasteiger partial charge is 0.423 e. The lowest BCUT2D eigenvalue weighted by molar-refractivity contribution is -0.125. The Labute approximate surface area is 225 Å². The van der Waals surface area contributed by atoms with Crippen molar-refractivity contribution in [3.63, 3.8) is 0 Å². The molecule has 0 aliphatic carbocycles. The zero-order valence-corrected chi connectivity index (χ0v) is 21.6. The number of hydrogen-bond acceptors (Lipinski definition) is 8. The van der Waals surface area contributed by atoms with Crippen molar-refractivity contribution in [3.05, 3.63) is 59.2 Å². The van der Waals surface area contributed by atoms with Gasteiger partial charge in [-0.25, -0.2) is 0 Å². The molecule has 0 atom stereocenters. The largest absolute Gasteiger partial charge is 0.488 e. The van der Waals surface area contributed by atoms with Gasteiger partial charge in [-0.3, -0.25) is 14.4 Å². The molecule has 0 saturated carbocycles. The number of para-hydroxylation sites is 1. The minimum Gasteiger partial charge on any atom is -0.423 e. The fourth-order valence-corrected chi connectivity index (χ4v) is 3.59. The number of oxime groups is 1. The number of hydrogen-bond donors (Lipinski definition) is 5. The van der Waals surface area contributed by atoms with Crippen LogP contribution in [0.1, 0.15) is 39.1 Å². The number of amides is 2. The van der Waals surface area contributed by atoms with Crippen LogP contribution in [0, 0.1) is 0 Å². The fourth-order valence-electron chi connectivity index (χ4n) is 3.20. The van der Waals surface area contributed by atoms with Gasteiger partial charge in [0.1, 0.15) is 0 Å². The molecule has 0 unspecified atom stereocenters. The van der Waals surface area contributed by atoms with Gasteiger partial charge in [0.05, 0.1) is 17.5 Å². The fraction of sp³-hybridized carbons (Fsp3) is 0.333. The number of halogens is 2. The van der Waals surface area contributed by atoms with Crippen molar-refractivity contribution < 1.29 is 29.3 Å². The van der Waals surface area contributed by atoms with E-state index in [1.807, 2.05) is 0 Å². The molecular formula is C24H29BCl2N4O6. The molecule has 2 aromatic rings. The van der Waals surface area contributed by atoms with Crippen LogP contribution in [0.2, 0.25) is 0 Å². The maximum absolute atomic E-state index is 12.6. The maximum Gasteiger partial charge on any atom is 0.488 e. The molecule has 0 saturated heterocycles. The zero-order valence-electron chi connectivity index (χ0n) is 20.1. The van der Waals surface area contributed by atoms with Crippen LogP contribution < -0.4 is 21.4 Å². The van der Waals surface area contributed by atoms with E-state index in [0.717, 1.165) is 6.29 Å². The Bertz CT molecular complexity index is 1080. The third kappa shape index (κ3) is 10.4. The van der Waals surface area contributed by atoms with Crippen LogP contribution in [0.25, 0.3) is 0 Å². The van der Waals surface area contributed by atoms with E-state index in [9.17, 15) is 24.4 Å². The van der Waals surface area contributed by atoms with Crippen molar-refractivity contribution in [2.24, 2.45) is 5.16 Å². The summed E-state index contributed by atoms with van der Waals surface area (Å²) in [5.74, 6) is -0.408. The van der Waals surface area contributed by atoms with Gasteiger partial charge in [0, 0.05) is 36.4 Å². The summed E-state index contributed by atoms with van der Waals surface area (Å²) < 4.78 is 0. The SMILES string of the molecule is O=Cc1ccccc1NCc1cc(C(=O)NCCCCNC(=O)CON=C(CCl)CCl)ccc1B(O)O. The molecule has 0 aromatic heterocycles. The van der Waals surface area contributed by atoms with E-state index in [1.54, 1.807) is 30.3 Å². The second-order valence-electron chi connectivity index (χ2n) is 7.86. The third-order valence-electron chi connectivity index (χ3n) is 5.15.